The summed E-state index contributed by atoms with van der Waals surface area (Å²) in [5.41, 5.74) is 0. The predicted molar refractivity (Wildman–Crippen MR) is 18.6 cm³/mol. The van der Waals surface area contributed by atoms with Crippen LogP contribution in [0, 0.1) is 0 Å². The third-order valence-electron chi connectivity index (χ3n) is 0. The van der Waals surface area contributed by atoms with Crippen molar-refractivity contribution in [2.45, 2.75) is 0 Å². The maximum Gasteiger partial charge on any atom is 1.00 e. The Labute approximate surface area is 85.9 Å². The topological polar surface area (TPSA) is 57.2 Å². The summed E-state index contributed by atoms with van der Waals surface area (Å²) in [4.78, 5) is 0. The molecule has 0 radical (unpaired) electrons. The van der Waals surface area contributed by atoms with Crippen LogP contribution in [-0.4, -0.2) is 13.0 Å². The van der Waals surface area contributed by atoms with Gasteiger partial charge >= 0.3 is 51.4 Å². The molecule has 0 N–H and O–H groups in total. The van der Waals surface area contributed by atoms with Crippen molar-refractivity contribution in [1.29, 1.82) is 0 Å². The fourth-order valence-electron chi connectivity index (χ4n) is 0. The minimum Gasteiger partial charge on any atom is -0.739 e. The Hall–Kier alpha value is 2.03. The average Bonchev–Trinajstić information content (AvgIpc) is 0.722. The molecule has 0 saturated carbocycles. The molecule has 0 aliphatic heterocycles. The van der Waals surface area contributed by atoms with Crippen molar-refractivity contribution in [1.82, 2.24) is 0 Å². The normalized spacial score (nSPS) is 9.67. The molecule has 0 aromatic carbocycles. The summed E-state index contributed by atoms with van der Waals surface area (Å²) in [6.07, 6.45) is 0. The van der Waals surface area contributed by atoms with Crippen molar-refractivity contribution in [3.63, 3.8) is 0 Å². The Kier molecular flexibility index (Phi) is 7.20. The summed E-state index contributed by atoms with van der Waals surface area (Å²) in [5.74, 6) is 0. The Morgan fingerprint density at radius 3 is 1.50 bits per heavy atom. The van der Waals surface area contributed by atoms with Gasteiger partial charge in [0, 0.05) is 14.8 Å². The predicted octanol–water partition coefficient (Wildman–Crippen LogP) is -3.15. The minimum absolute atomic E-state index is 0. The van der Waals surface area contributed by atoms with Crippen LogP contribution in [0.5, 0.6) is 0 Å². The Bertz CT molecular complexity index is 94.0. The number of hydrogen-bond acceptors (Lipinski definition) is 3. The van der Waals surface area contributed by atoms with Crippen molar-refractivity contribution < 1.29 is 64.4 Å². The van der Waals surface area contributed by atoms with Crippen molar-refractivity contribution in [3.05, 3.63) is 0 Å². The molecule has 0 atom stereocenters. The molecule has 6 heavy (non-hydrogen) atoms. The fraction of sp³-hybridized carbons (Fsp3) is 0. The van der Waals surface area contributed by atoms with Crippen LogP contribution in [0.4, 0.5) is 0 Å². The number of hydrogen-bond donors (Lipinski definition) is 0. The standard InChI is InChI=1S/BrHO3S.K/c1-5(2,3)4;/h(H,2,3,4);/q;+1/p-1. The molecular weight excluding hydrogens is 199 g/mol. The van der Waals surface area contributed by atoms with Gasteiger partial charge in [0.25, 0.3) is 0 Å². The Morgan fingerprint density at radius 2 is 1.50 bits per heavy atom. The molecule has 0 aliphatic carbocycles. The van der Waals surface area contributed by atoms with Gasteiger partial charge in [-0.2, -0.15) is 0 Å². The van der Waals surface area contributed by atoms with Crippen LogP contribution in [0.2, 0.25) is 0 Å². The van der Waals surface area contributed by atoms with Gasteiger partial charge in [0.15, 0.2) is 8.55 Å². The van der Waals surface area contributed by atoms with E-state index in [1.165, 1.54) is 0 Å². The fourth-order valence-corrected chi connectivity index (χ4v) is 0. The molecule has 3 nitrogen and oxygen atoms in total. The number of halogens is 1. The Morgan fingerprint density at radius 1 is 1.50 bits per heavy atom. The molecular formula is BrKO3S. The summed E-state index contributed by atoms with van der Waals surface area (Å²) >= 11 is 1.79. The van der Waals surface area contributed by atoms with E-state index in [2.05, 4.69) is 0 Å². The largest absolute Gasteiger partial charge is 1.00 e. The van der Waals surface area contributed by atoms with Crippen molar-refractivity contribution >= 4 is 23.4 Å². The van der Waals surface area contributed by atoms with Crippen LogP contribution in [0.15, 0.2) is 0 Å². The summed E-state index contributed by atoms with van der Waals surface area (Å²) in [7, 11) is -4.10. The third kappa shape index (κ3) is 37.1. The smallest absolute Gasteiger partial charge is 0.739 e. The van der Waals surface area contributed by atoms with E-state index < -0.39 is 8.55 Å². The van der Waals surface area contributed by atoms with Gasteiger partial charge in [-0.05, 0) is 0 Å². The molecule has 0 amide bonds. The van der Waals surface area contributed by atoms with Crippen molar-refractivity contribution in [3.8, 4) is 0 Å². The molecule has 0 fully saturated rings. The van der Waals surface area contributed by atoms with Gasteiger partial charge in [-0.25, -0.2) is 8.42 Å². The number of rotatable bonds is 0. The van der Waals surface area contributed by atoms with Crippen LogP contribution in [0.1, 0.15) is 0 Å². The molecule has 32 valence electrons. The van der Waals surface area contributed by atoms with Gasteiger partial charge in [0.1, 0.15) is 0 Å². The molecule has 0 unspecified atom stereocenters. The van der Waals surface area contributed by atoms with Gasteiger partial charge in [-0.3, -0.25) is 0 Å². The second-order valence-corrected chi connectivity index (χ2v) is 3.56. The van der Waals surface area contributed by atoms with Gasteiger partial charge in [0.05, 0.1) is 0 Å². The molecule has 0 saturated heterocycles. The zero-order valence-corrected chi connectivity index (χ0v) is 8.54. The van der Waals surface area contributed by atoms with E-state index in [1.54, 1.807) is 14.8 Å². The van der Waals surface area contributed by atoms with Gasteiger partial charge in [0.2, 0.25) is 0 Å². The van der Waals surface area contributed by atoms with Crippen LogP contribution in [-0.2, 0) is 8.55 Å². The summed E-state index contributed by atoms with van der Waals surface area (Å²) in [6, 6.07) is 0. The van der Waals surface area contributed by atoms with E-state index in [9.17, 15) is 0 Å². The molecule has 0 aromatic rings. The maximum absolute atomic E-state index is 8.99. The van der Waals surface area contributed by atoms with Gasteiger partial charge in [-0.15, -0.1) is 0 Å². The van der Waals surface area contributed by atoms with Crippen LogP contribution in [0.3, 0.4) is 0 Å². The van der Waals surface area contributed by atoms with E-state index in [1.807, 2.05) is 0 Å². The second kappa shape index (κ2) is 3.96. The van der Waals surface area contributed by atoms with E-state index in [0.717, 1.165) is 0 Å². The first-order valence-electron chi connectivity index (χ1n) is 0.654. The quantitative estimate of drug-likeness (QED) is 0.235. The molecule has 0 rings (SSSR count). The van der Waals surface area contributed by atoms with Crippen molar-refractivity contribution in [2.24, 2.45) is 0 Å². The van der Waals surface area contributed by atoms with Crippen LogP contribution >= 0.6 is 14.8 Å². The first-order chi connectivity index (χ1) is 2.00. The van der Waals surface area contributed by atoms with Crippen LogP contribution < -0.4 is 51.4 Å². The molecule has 0 aliphatic rings. The third-order valence-corrected chi connectivity index (χ3v) is 0. The second-order valence-electron chi connectivity index (χ2n) is 0.393. The zero-order valence-electron chi connectivity index (χ0n) is 3.01. The van der Waals surface area contributed by atoms with Crippen LogP contribution in [0.25, 0.3) is 0 Å². The molecule has 0 aromatic heterocycles. The first-order valence-corrected chi connectivity index (χ1v) is 3.91. The van der Waals surface area contributed by atoms with E-state index in [-0.39, 0.29) is 51.4 Å². The molecule has 0 bridgehead atoms. The first kappa shape index (κ1) is 10.9. The Balaban J connectivity index is 0. The van der Waals surface area contributed by atoms with E-state index in [0.29, 0.717) is 0 Å². The zero-order chi connectivity index (χ0) is 4.50. The van der Waals surface area contributed by atoms with Gasteiger partial charge < -0.3 is 4.55 Å². The monoisotopic (exact) mass is 198 g/mol. The summed E-state index contributed by atoms with van der Waals surface area (Å²) in [5, 5.41) is 0. The minimum atomic E-state index is -4.10. The molecule has 0 heterocycles. The van der Waals surface area contributed by atoms with E-state index in [4.69, 9.17) is 13.0 Å². The average molecular weight is 199 g/mol. The molecule has 0 spiro atoms. The summed E-state index contributed by atoms with van der Waals surface area (Å²) < 4.78 is 27.0. The van der Waals surface area contributed by atoms with Crippen molar-refractivity contribution in [2.75, 3.05) is 0 Å². The molecule has 6 heteroatoms. The van der Waals surface area contributed by atoms with Gasteiger partial charge in [-0.1, -0.05) is 0 Å². The van der Waals surface area contributed by atoms with E-state index >= 15 is 0 Å². The SMILES string of the molecule is O=S(=O)([O-])Br.[K+]. The summed E-state index contributed by atoms with van der Waals surface area (Å²) in [6.45, 7) is 0. The maximum atomic E-state index is 8.99.